The number of nitrogens with two attached hydrogens (primary N) is 1. The first-order chi connectivity index (χ1) is 10.2. The number of nitrogens with one attached hydrogen (secondary N) is 1. The maximum Gasteiger partial charge on any atom is 0.222 e. The molecule has 0 aliphatic rings. The summed E-state index contributed by atoms with van der Waals surface area (Å²) in [5, 5.41) is 13.0. The molecule has 6 heteroatoms. The van der Waals surface area contributed by atoms with Crippen LogP contribution in [0.4, 0.5) is 16.2 Å². The van der Waals surface area contributed by atoms with Crippen molar-refractivity contribution in [3.05, 3.63) is 24.0 Å². The second-order valence-electron chi connectivity index (χ2n) is 5.06. The van der Waals surface area contributed by atoms with E-state index in [1.165, 1.54) is 6.07 Å². The van der Waals surface area contributed by atoms with Crippen molar-refractivity contribution >= 4 is 22.7 Å². The summed E-state index contributed by atoms with van der Waals surface area (Å²) in [7, 11) is 0. The van der Waals surface area contributed by atoms with Gasteiger partial charge in [-0.05, 0) is 25.0 Å². The van der Waals surface area contributed by atoms with Crippen LogP contribution in [0.15, 0.2) is 18.2 Å². The van der Waals surface area contributed by atoms with Crippen LogP contribution in [0.5, 0.6) is 0 Å². The van der Waals surface area contributed by atoms with Gasteiger partial charge in [0, 0.05) is 18.0 Å². The number of unbranched alkanes of at least 4 members (excludes halogenated alkanes) is 1. The lowest BCUT2D eigenvalue weighted by molar-refractivity contribution is 0.276. The van der Waals surface area contributed by atoms with E-state index in [4.69, 9.17) is 10.8 Å². The third-order valence-corrected chi connectivity index (χ3v) is 3.42. The van der Waals surface area contributed by atoms with Crippen LogP contribution in [0.25, 0.3) is 10.9 Å². The third kappa shape index (κ3) is 3.78. The molecule has 0 fully saturated rings. The van der Waals surface area contributed by atoms with Crippen molar-refractivity contribution in [1.29, 1.82) is 0 Å². The number of benzene rings is 1. The molecule has 2 aromatic rings. The smallest absolute Gasteiger partial charge is 0.222 e. The highest BCUT2D eigenvalue weighted by molar-refractivity contribution is 5.90. The van der Waals surface area contributed by atoms with E-state index in [0.717, 1.165) is 19.3 Å². The SMILES string of the molecule is CCCC[C@@H](CCO)Nc1nc(N)nc2c(F)cccc12. The number of aliphatic hydroxyl groups is 1. The molecule has 1 atom stereocenters. The van der Waals surface area contributed by atoms with Crippen molar-refractivity contribution in [2.75, 3.05) is 17.7 Å². The molecule has 1 heterocycles. The number of halogens is 1. The molecular weight excluding hydrogens is 271 g/mol. The van der Waals surface area contributed by atoms with Gasteiger partial charge >= 0.3 is 0 Å². The highest BCUT2D eigenvalue weighted by Crippen LogP contribution is 2.24. The predicted octanol–water partition coefficient (Wildman–Crippen LogP) is 2.70. The van der Waals surface area contributed by atoms with Crippen molar-refractivity contribution in [2.45, 2.75) is 38.6 Å². The summed E-state index contributed by atoms with van der Waals surface area (Å²) < 4.78 is 13.8. The second-order valence-corrected chi connectivity index (χ2v) is 5.06. The van der Waals surface area contributed by atoms with E-state index in [2.05, 4.69) is 22.2 Å². The van der Waals surface area contributed by atoms with Gasteiger partial charge in [-0.2, -0.15) is 4.98 Å². The highest BCUT2D eigenvalue weighted by atomic mass is 19.1. The van der Waals surface area contributed by atoms with Crippen molar-refractivity contribution in [1.82, 2.24) is 9.97 Å². The number of fused-ring (bicyclic) bond motifs is 1. The fourth-order valence-electron chi connectivity index (χ4n) is 2.33. The van der Waals surface area contributed by atoms with E-state index in [0.29, 0.717) is 17.6 Å². The molecule has 0 aliphatic heterocycles. The Hall–Kier alpha value is -1.95. The molecule has 0 spiro atoms. The van der Waals surface area contributed by atoms with E-state index in [-0.39, 0.29) is 24.1 Å². The summed E-state index contributed by atoms with van der Waals surface area (Å²) in [6.07, 6.45) is 3.65. The molecule has 0 saturated heterocycles. The first-order valence-electron chi connectivity index (χ1n) is 7.24. The van der Waals surface area contributed by atoms with E-state index in [9.17, 15) is 4.39 Å². The molecule has 114 valence electrons. The Labute approximate surface area is 123 Å². The maximum absolute atomic E-state index is 13.8. The molecule has 0 saturated carbocycles. The average molecular weight is 292 g/mol. The number of aliphatic hydroxyl groups excluding tert-OH is 1. The Morgan fingerprint density at radius 1 is 1.33 bits per heavy atom. The van der Waals surface area contributed by atoms with Crippen LogP contribution in [0.3, 0.4) is 0 Å². The normalized spacial score (nSPS) is 12.5. The highest BCUT2D eigenvalue weighted by Gasteiger charge is 2.14. The predicted molar refractivity (Wildman–Crippen MR) is 82.5 cm³/mol. The number of nitrogen functional groups attached to an aromatic ring is 1. The van der Waals surface area contributed by atoms with Crippen LogP contribution in [-0.2, 0) is 0 Å². The second kappa shape index (κ2) is 7.17. The zero-order chi connectivity index (χ0) is 15.2. The molecule has 0 unspecified atom stereocenters. The van der Waals surface area contributed by atoms with Gasteiger partial charge in [-0.1, -0.05) is 25.8 Å². The zero-order valence-electron chi connectivity index (χ0n) is 12.1. The summed E-state index contributed by atoms with van der Waals surface area (Å²) in [5.41, 5.74) is 5.88. The number of hydrogen-bond acceptors (Lipinski definition) is 5. The lowest BCUT2D eigenvalue weighted by Gasteiger charge is -2.19. The topological polar surface area (TPSA) is 84.1 Å². The van der Waals surface area contributed by atoms with Crippen LogP contribution in [0.1, 0.15) is 32.6 Å². The van der Waals surface area contributed by atoms with Crippen LogP contribution < -0.4 is 11.1 Å². The Kier molecular flexibility index (Phi) is 5.27. The molecule has 2 rings (SSSR count). The number of nitrogens with zero attached hydrogens (tertiary/aromatic N) is 2. The van der Waals surface area contributed by atoms with Gasteiger partial charge in [-0.25, -0.2) is 9.37 Å². The summed E-state index contributed by atoms with van der Waals surface area (Å²) >= 11 is 0. The third-order valence-electron chi connectivity index (χ3n) is 3.42. The average Bonchev–Trinajstić information content (AvgIpc) is 2.46. The molecule has 0 bridgehead atoms. The minimum absolute atomic E-state index is 0.0355. The molecule has 0 amide bonds. The minimum Gasteiger partial charge on any atom is -0.396 e. The number of anilines is 2. The van der Waals surface area contributed by atoms with Crippen molar-refractivity contribution < 1.29 is 9.50 Å². The monoisotopic (exact) mass is 292 g/mol. The number of rotatable bonds is 7. The van der Waals surface area contributed by atoms with E-state index >= 15 is 0 Å². The number of para-hydroxylation sites is 1. The Balaban J connectivity index is 2.33. The lowest BCUT2D eigenvalue weighted by Crippen LogP contribution is -2.22. The molecule has 21 heavy (non-hydrogen) atoms. The zero-order valence-corrected chi connectivity index (χ0v) is 12.1. The summed E-state index contributed by atoms with van der Waals surface area (Å²) in [4.78, 5) is 8.13. The lowest BCUT2D eigenvalue weighted by atomic mass is 10.1. The molecule has 0 aliphatic carbocycles. The van der Waals surface area contributed by atoms with Gasteiger partial charge in [0.25, 0.3) is 0 Å². The number of hydrogen-bond donors (Lipinski definition) is 3. The summed E-state index contributed by atoms with van der Waals surface area (Å²) in [6.45, 7) is 2.21. The Morgan fingerprint density at radius 2 is 2.14 bits per heavy atom. The van der Waals surface area contributed by atoms with E-state index in [1.54, 1.807) is 12.1 Å². The fraction of sp³-hybridized carbons (Fsp3) is 0.467. The quantitative estimate of drug-likeness (QED) is 0.730. The number of aromatic nitrogens is 2. The Morgan fingerprint density at radius 3 is 2.86 bits per heavy atom. The molecule has 1 aromatic heterocycles. The molecule has 1 aromatic carbocycles. The van der Waals surface area contributed by atoms with Gasteiger partial charge in [0.1, 0.15) is 17.2 Å². The van der Waals surface area contributed by atoms with Gasteiger partial charge in [0.15, 0.2) is 0 Å². The van der Waals surface area contributed by atoms with Gasteiger partial charge in [0.2, 0.25) is 5.95 Å². The molecule has 0 radical (unpaired) electrons. The Bertz CT molecular complexity index is 605. The first-order valence-corrected chi connectivity index (χ1v) is 7.24. The van der Waals surface area contributed by atoms with Crippen molar-refractivity contribution in [3.8, 4) is 0 Å². The van der Waals surface area contributed by atoms with Crippen LogP contribution in [0.2, 0.25) is 0 Å². The standard InChI is InChI=1S/C15H21FN4O/c1-2-3-5-10(8-9-21)18-14-11-6-4-7-12(16)13(11)19-15(17)20-14/h4,6-7,10,21H,2-3,5,8-9H2,1H3,(H3,17,18,19,20)/t10-/m0/s1. The van der Waals surface area contributed by atoms with Gasteiger partial charge in [-0.3, -0.25) is 0 Å². The summed E-state index contributed by atoms with van der Waals surface area (Å²) in [6, 6.07) is 4.81. The maximum atomic E-state index is 13.8. The minimum atomic E-state index is -0.420. The van der Waals surface area contributed by atoms with Gasteiger partial charge < -0.3 is 16.2 Å². The fourth-order valence-corrected chi connectivity index (χ4v) is 2.33. The van der Waals surface area contributed by atoms with Gasteiger partial charge in [0.05, 0.1) is 0 Å². The first kappa shape index (κ1) is 15.4. The van der Waals surface area contributed by atoms with Crippen LogP contribution in [0, 0.1) is 5.82 Å². The summed E-state index contributed by atoms with van der Waals surface area (Å²) in [5.74, 6) is 0.136. The largest absolute Gasteiger partial charge is 0.396 e. The van der Waals surface area contributed by atoms with E-state index in [1.807, 2.05) is 0 Å². The van der Waals surface area contributed by atoms with Crippen molar-refractivity contribution in [3.63, 3.8) is 0 Å². The molecule has 5 nitrogen and oxygen atoms in total. The van der Waals surface area contributed by atoms with Crippen LogP contribution >= 0.6 is 0 Å². The van der Waals surface area contributed by atoms with Crippen molar-refractivity contribution in [2.24, 2.45) is 0 Å². The molecule has 4 N–H and O–H groups in total. The van der Waals surface area contributed by atoms with Crippen LogP contribution in [-0.4, -0.2) is 27.7 Å². The van der Waals surface area contributed by atoms with Gasteiger partial charge in [-0.15, -0.1) is 0 Å². The van der Waals surface area contributed by atoms with E-state index < -0.39 is 5.82 Å². The molecular formula is C15H21FN4O.